The van der Waals surface area contributed by atoms with Crippen molar-refractivity contribution in [1.29, 1.82) is 0 Å². The average Bonchev–Trinajstić information content (AvgIpc) is 2.90. The van der Waals surface area contributed by atoms with Crippen LogP contribution in [0, 0.1) is 6.92 Å². The van der Waals surface area contributed by atoms with Gasteiger partial charge in [0.15, 0.2) is 0 Å². The molecule has 0 atom stereocenters. The van der Waals surface area contributed by atoms with E-state index in [1.54, 1.807) is 37.1 Å². The summed E-state index contributed by atoms with van der Waals surface area (Å²) in [4.78, 5) is 26.2. The first-order chi connectivity index (χ1) is 16.9. The number of aryl methyl sites for hydroxylation is 1. The fourth-order valence-corrected chi connectivity index (χ4v) is 4.31. The van der Waals surface area contributed by atoms with Crippen LogP contribution in [0.4, 0.5) is 0 Å². The summed E-state index contributed by atoms with van der Waals surface area (Å²) >= 11 is 1.73. The topological polar surface area (TPSA) is 61.4 Å². The largest absolute Gasteiger partial charge is 0.269 e. The van der Waals surface area contributed by atoms with E-state index in [4.69, 9.17) is 0 Å². The zero-order valence-corrected chi connectivity index (χ0v) is 22.9. The van der Waals surface area contributed by atoms with E-state index in [0.29, 0.717) is 16.7 Å². The van der Waals surface area contributed by atoms with Crippen molar-refractivity contribution in [2.24, 2.45) is 0 Å². The van der Waals surface area contributed by atoms with Gasteiger partial charge in [-0.3, -0.25) is 20.4 Å². The molecule has 35 heavy (non-hydrogen) atoms. The average molecular weight is 496 g/mol. The molecule has 0 unspecified atom stereocenters. The van der Waals surface area contributed by atoms with Gasteiger partial charge in [-0.2, -0.15) is 0 Å². The number of carbonyl (C=O) groups is 2. The van der Waals surface area contributed by atoms with Crippen LogP contribution < -0.4 is 10.9 Å². The minimum Gasteiger partial charge on any atom is -0.267 e. The smallest absolute Gasteiger partial charge is 0.267 e. The Morgan fingerprint density at radius 2 is 1.51 bits per heavy atom. The minimum atomic E-state index is -0.402. The van der Waals surface area contributed by atoms with Crippen LogP contribution in [-0.4, -0.2) is 29.2 Å². The molecule has 1 saturated heterocycles. The van der Waals surface area contributed by atoms with Gasteiger partial charge in [0.25, 0.3) is 11.8 Å². The van der Waals surface area contributed by atoms with Crippen molar-refractivity contribution in [1.82, 2.24) is 15.2 Å². The van der Waals surface area contributed by atoms with E-state index in [0.717, 1.165) is 29.1 Å². The normalized spacial score (nSPS) is 13.4. The standard InChI is InChI=1S/C25H29N3O2S.2C2H6/c1-18(2)23(17-21-10-6-5-9-19(21)3)25(30)27-26-24(29)20-11-13-22(14-12-20)31-28-15-7-4-8-16-28;2*1-2/h5-6,9-14,17H,1,4,7-8,15-16H2,2-3H3,(H,26,29)(H,27,30);2*1-2H3/b23-17+;;. The van der Waals surface area contributed by atoms with Crippen molar-refractivity contribution in [3.8, 4) is 0 Å². The molecule has 2 N–H and O–H groups in total. The zero-order valence-electron chi connectivity index (χ0n) is 22.1. The van der Waals surface area contributed by atoms with Crippen molar-refractivity contribution in [2.75, 3.05) is 13.1 Å². The Hall–Kier alpha value is -2.83. The molecular formula is C29H41N3O2S. The highest BCUT2D eigenvalue weighted by Gasteiger charge is 2.14. The van der Waals surface area contributed by atoms with Crippen LogP contribution in [0.5, 0.6) is 0 Å². The van der Waals surface area contributed by atoms with Gasteiger partial charge in [0.2, 0.25) is 0 Å². The SMILES string of the molecule is C=C(C)/C(=C\c1ccccc1C)C(=O)NNC(=O)c1ccc(SN2CCCCC2)cc1.CC.CC. The number of rotatable bonds is 6. The zero-order chi connectivity index (χ0) is 26.2. The molecule has 1 heterocycles. The quantitative estimate of drug-likeness (QED) is 0.197. The fraction of sp³-hybridized carbons (Fsp3) is 0.379. The van der Waals surface area contributed by atoms with Gasteiger partial charge in [-0.1, -0.05) is 65.0 Å². The summed E-state index contributed by atoms with van der Waals surface area (Å²) < 4.78 is 2.36. The van der Waals surface area contributed by atoms with Crippen molar-refractivity contribution >= 4 is 29.8 Å². The van der Waals surface area contributed by atoms with Gasteiger partial charge < -0.3 is 0 Å². The van der Waals surface area contributed by atoms with Crippen LogP contribution in [-0.2, 0) is 4.79 Å². The number of hydrogen-bond acceptors (Lipinski definition) is 4. The lowest BCUT2D eigenvalue weighted by molar-refractivity contribution is -0.117. The van der Waals surface area contributed by atoms with Crippen molar-refractivity contribution < 1.29 is 9.59 Å². The summed E-state index contributed by atoms with van der Waals surface area (Å²) in [6.07, 6.45) is 5.55. The molecule has 2 amide bonds. The van der Waals surface area contributed by atoms with Crippen molar-refractivity contribution in [3.05, 3.63) is 82.9 Å². The first-order valence-electron chi connectivity index (χ1n) is 12.5. The van der Waals surface area contributed by atoms with Gasteiger partial charge in [-0.05, 0) is 85.7 Å². The molecule has 1 fully saturated rings. The molecular weight excluding hydrogens is 454 g/mol. The number of benzene rings is 2. The molecule has 0 bridgehead atoms. The lowest BCUT2D eigenvalue weighted by Gasteiger charge is -2.25. The van der Waals surface area contributed by atoms with E-state index in [1.807, 2.05) is 71.0 Å². The number of nitrogens with one attached hydrogen (secondary N) is 2. The number of hydrazine groups is 1. The third kappa shape index (κ3) is 10.1. The van der Waals surface area contributed by atoms with Crippen LogP contribution in [0.25, 0.3) is 6.08 Å². The molecule has 0 saturated carbocycles. The van der Waals surface area contributed by atoms with Crippen LogP contribution in [0.15, 0.2) is 71.2 Å². The second kappa shape index (κ2) is 16.7. The predicted molar refractivity (Wildman–Crippen MR) is 150 cm³/mol. The number of nitrogens with zero attached hydrogens (tertiary/aromatic N) is 1. The molecule has 190 valence electrons. The highest BCUT2D eigenvalue weighted by Crippen LogP contribution is 2.26. The van der Waals surface area contributed by atoms with Crippen LogP contribution in [0.1, 0.15) is 75.4 Å². The number of hydrogen-bond donors (Lipinski definition) is 2. The van der Waals surface area contributed by atoms with E-state index in [1.165, 1.54) is 19.3 Å². The Morgan fingerprint density at radius 1 is 0.914 bits per heavy atom. The highest BCUT2D eigenvalue weighted by molar-refractivity contribution is 7.97. The van der Waals surface area contributed by atoms with E-state index in [2.05, 4.69) is 21.7 Å². The summed E-state index contributed by atoms with van der Waals surface area (Å²) in [5.74, 6) is -0.763. The van der Waals surface area contributed by atoms with Gasteiger partial charge in [0, 0.05) is 29.1 Å². The molecule has 2 aromatic carbocycles. The van der Waals surface area contributed by atoms with E-state index < -0.39 is 5.91 Å². The van der Waals surface area contributed by atoms with Crippen molar-refractivity contribution in [3.63, 3.8) is 0 Å². The van der Waals surface area contributed by atoms with Gasteiger partial charge in [-0.25, -0.2) is 4.31 Å². The second-order valence-electron chi connectivity index (χ2n) is 7.71. The lowest BCUT2D eigenvalue weighted by atomic mass is 10.0. The first kappa shape index (κ1) is 30.2. The molecule has 6 heteroatoms. The number of carbonyl (C=O) groups excluding carboxylic acids is 2. The third-order valence-electron chi connectivity index (χ3n) is 5.15. The maximum atomic E-state index is 12.6. The maximum absolute atomic E-state index is 12.6. The molecule has 1 aliphatic rings. The molecule has 5 nitrogen and oxygen atoms in total. The highest BCUT2D eigenvalue weighted by atomic mass is 32.2. The Labute approximate surface area is 216 Å². The Balaban J connectivity index is 0.00000145. The van der Waals surface area contributed by atoms with Gasteiger partial charge >= 0.3 is 0 Å². The summed E-state index contributed by atoms with van der Waals surface area (Å²) in [6.45, 7) is 17.8. The Kier molecular flexibility index (Phi) is 14.4. The monoisotopic (exact) mass is 495 g/mol. The maximum Gasteiger partial charge on any atom is 0.269 e. The first-order valence-corrected chi connectivity index (χ1v) is 13.3. The van der Waals surface area contributed by atoms with Crippen LogP contribution in [0.3, 0.4) is 0 Å². The molecule has 0 spiro atoms. The van der Waals surface area contributed by atoms with E-state index in [-0.39, 0.29) is 5.91 Å². The Morgan fingerprint density at radius 3 is 2.09 bits per heavy atom. The van der Waals surface area contributed by atoms with E-state index >= 15 is 0 Å². The summed E-state index contributed by atoms with van der Waals surface area (Å²) in [6, 6.07) is 15.2. The summed E-state index contributed by atoms with van der Waals surface area (Å²) in [5.41, 5.74) is 8.52. The van der Waals surface area contributed by atoms with Crippen molar-refractivity contribution in [2.45, 2.75) is 65.7 Å². The van der Waals surface area contributed by atoms with Gasteiger partial charge in [0.1, 0.15) is 0 Å². The molecule has 0 aliphatic carbocycles. The third-order valence-corrected chi connectivity index (χ3v) is 6.25. The molecule has 3 rings (SSSR count). The Bertz CT molecular complexity index is 978. The summed E-state index contributed by atoms with van der Waals surface area (Å²) in [7, 11) is 0. The predicted octanol–water partition coefficient (Wildman–Crippen LogP) is 6.96. The fourth-order valence-electron chi connectivity index (χ4n) is 3.31. The van der Waals surface area contributed by atoms with Gasteiger partial charge in [-0.15, -0.1) is 0 Å². The number of piperidine rings is 1. The molecule has 0 radical (unpaired) electrons. The van der Waals surface area contributed by atoms with Crippen LogP contribution in [0.2, 0.25) is 0 Å². The second-order valence-corrected chi connectivity index (χ2v) is 8.88. The molecule has 0 aromatic heterocycles. The van der Waals surface area contributed by atoms with E-state index in [9.17, 15) is 9.59 Å². The lowest BCUT2D eigenvalue weighted by Crippen LogP contribution is -2.42. The number of amides is 2. The molecule has 2 aromatic rings. The summed E-state index contributed by atoms with van der Waals surface area (Å²) in [5, 5.41) is 0. The van der Waals surface area contributed by atoms with Crippen LogP contribution >= 0.6 is 11.9 Å². The minimum absolute atomic E-state index is 0.361. The van der Waals surface area contributed by atoms with Gasteiger partial charge in [0.05, 0.1) is 0 Å². The molecule has 1 aliphatic heterocycles.